The first kappa shape index (κ1) is 13.3. The van der Waals surface area contributed by atoms with Gasteiger partial charge in [0.15, 0.2) is 0 Å². The van der Waals surface area contributed by atoms with Crippen molar-refractivity contribution in [3.8, 4) is 0 Å². The second-order valence-corrected chi connectivity index (χ2v) is 5.10. The minimum Gasteiger partial charge on any atom is -0.478 e. The van der Waals surface area contributed by atoms with Gasteiger partial charge in [-0.15, -0.1) is 0 Å². The van der Waals surface area contributed by atoms with Gasteiger partial charge in [-0.3, -0.25) is 10.1 Å². The van der Waals surface area contributed by atoms with Gasteiger partial charge in [-0.25, -0.2) is 4.79 Å². The van der Waals surface area contributed by atoms with Crippen molar-refractivity contribution in [2.45, 2.75) is 13.8 Å². The Balaban J connectivity index is 2.53. The number of para-hydroxylation sites is 1. The van der Waals surface area contributed by atoms with Gasteiger partial charge in [0, 0.05) is 19.2 Å². The van der Waals surface area contributed by atoms with Crippen molar-refractivity contribution in [3.05, 3.63) is 33.9 Å². The lowest BCUT2D eigenvalue weighted by atomic mass is 10.0. The number of anilines is 1. The Kier molecular flexibility index (Phi) is 3.42. The number of aromatic carboxylic acids is 1. The van der Waals surface area contributed by atoms with Gasteiger partial charge in [-0.05, 0) is 17.9 Å². The first-order valence-corrected chi connectivity index (χ1v) is 6.17. The first-order chi connectivity index (χ1) is 8.91. The third-order valence-corrected chi connectivity index (χ3v) is 3.75. The number of carbonyl (C=O) groups is 1. The highest BCUT2D eigenvalue weighted by atomic mass is 16.6. The molecular formula is C13H16N2O4. The number of nitro benzene ring substituents is 1. The maximum Gasteiger partial charge on any atom is 0.338 e. The van der Waals surface area contributed by atoms with Gasteiger partial charge in [-0.2, -0.15) is 0 Å². The van der Waals surface area contributed by atoms with E-state index in [-0.39, 0.29) is 16.9 Å². The molecule has 1 N–H and O–H groups in total. The van der Waals surface area contributed by atoms with Crippen molar-refractivity contribution in [1.29, 1.82) is 0 Å². The number of carboxylic acid groups (broad SMARTS) is 1. The lowest BCUT2D eigenvalue weighted by Crippen LogP contribution is -2.23. The number of rotatable bonds is 3. The molecule has 1 aromatic rings. The molecule has 6 heteroatoms. The van der Waals surface area contributed by atoms with Crippen molar-refractivity contribution in [2.24, 2.45) is 11.8 Å². The molecule has 2 unspecified atom stereocenters. The summed E-state index contributed by atoms with van der Waals surface area (Å²) in [5.41, 5.74) is 0.0906. The number of nitro groups is 1. The minimum absolute atomic E-state index is 0.00417. The second-order valence-electron chi connectivity index (χ2n) is 5.10. The van der Waals surface area contributed by atoms with Crippen LogP contribution >= 0.6 is 0 Å². The van der Waals surface area contributed by atoms with Gasteiger partial charge >= 0.3 is 5.97 Å². The van der Waals surface area contributed by atoms with E-state index in [2.05, 4.69) is 13.8 Å². The third-order valence-electron chi connectivity index (χ3n) is 3.75. The molecule has 102 valence electrons. The molecule has 1 fully saturated rings. The summed E-state index contributed by atoms with van der Waals surface area (Å²) in [4.78, 5) is 23.7. The number of carboxylic acids is 1. The molecule has 0 saturated carbocycles. The summed E-state index contributed by atoms with van der Waals surface area (Å²) in [5, 5.41) is 20.3. The van der Waals surface area contributed by atoms with Crippen LogP contribution in [0.25, 0.3) is 0 Å². The van der Waals surface area contributed by atoms with E-state index in [1.807, 2.05) is 4.90 Å². The highest BCUT2D eigenvalue weighted by Gasteiger charge is 2.33. The van der Waals surface area contributed by atoms with E-state index in [0.29, 0.717) is 24.9 Å². The summed E-state index contributed by atoms with van der Waals surface area (Å²) >= 11 is 0. The van der Waals surface area contributed by atoms with Crippen LogP contribution in [0.5, 0.6) is 0 Å². The Morgan fingerprint density at radius 2 is 1.95 bits per heavy atom. The maximum atomic E-state index is 11.3. The van der Waals surface area contributed by atoms with Gasteiger partial charge in [-0.1, -0.05) is 19.9 Å². The smallest absolute Gasteiger partial charge is 0.338 e. The van der Waals surface area contributed by atoms with Crippen LogP contribution < -0.4 is 4.90 Å². The van der Waals surface area contributed by atoms with Crippen LogP contribution in [-0.4, -0.2) is 29.1 Å². The number of nitrogens with zero attached hydrogens (tertiary/aromatic N) is 2. The molecule has 2 atom stereocenters. The van der Waals surface area contributed by atoms with E-state index in [9.17, 15) is 20.0 Å². The number of hydrogen-bond donors (Lipinski definition) is 1. The molecule has 0 spiro atoms. The van der Waals surface area contributed by atoms with Crippen molar-refractivity contribution in [2.75, 3.05) is 18.0 Å². The fourth-order valence-corrected chi connectivity index (χ4v) is 2.50. The van der Waals surface area contributed by atoms with Crippen LogP contribution in [0.4, 0.5) is 11.4 Å². The zero-order valence-electron chi connectivity index (χ0n) is 10.9. The average Bonchev–Trinajstić information content (AvgIpc) is 2.68. The Morgan fingerprint density at radius 1 is 1.37 bits per heavy atom. The predicted molar refractivity (Wildman–Crippen MR) is 70.6 cm³/mol. The zero-order valence-corrected chi connectivity index (χ0v) is 10.9. The molecule has 1 aliphatic heterocycles. The summed E-state index contributed by atoms with van der Waals surface area (Å²) < 4.78 is 0. The van der Waals surface area contributed by atoms with Gasteiger partial charge < -0.3 is 10.0 Å². The molecular weight excluding hydrogens is 248 g/mol. The molecule has 0 radical (unpaired) electrons. The zero-order chi connectivity index (χ0) is 14.2. The van der Waals surface area contributed by atoms with E-state index < -0.39 is 10.9 Å². The minimum atomic E-state index is -1.13. The van der Waals surface area contributed by atoms with Crippen LogP contribution in [0.15, 0.2) is 18.2 Å². The molecule has 2 rings (SSSR count). The van der Waals surface area contributed by atoms with Crippen molar-refractivity contribution in [1.82, 2.24) is 0 Å². The Labute approximate surface area is 110 Å². The van der Waals surface area contributed by atoms with Gasteiger partial charge in [0.25, 0.3) is 5.69 Å². The molecule has 1 heterocycles. The van der Waals surface area contributed by atoms with E-state index in [0.717, 1.165) is 0 Å². The predicted octanol–water partition coefficient (Wildman–Crippen LogP) is 2.39. The summed E-state index contributed by atoms with van der Waals surface area (Å²) in [7, 11) is 0. The molecule has 6 nitrogen and oxygen atoms in total. The van der Waals surface area contributed by atoms with E-state index in [1.54, 1.807) is 0 Å². The monoisotopic (exact) mass is 264 g/mol. The highest BCUT2D eigenvalue weighted by molar-refractivity contribution is 5.97. The first-order valence-electron chi connectivity index (χ1n) is 6.17. The van der Waals surface area contributed by atoms with E-state index >= 15 is 0 Å². The molecule has 0 aromatic heterocycles. The summed E-state index contributed by atoms with van der Waals surface area (Å²) in [6.07, 6.45) is 0. The third kappa shape index (κ3) is 2.38. The quantitative estimate of drug-likeness (QED) is 0.669. The van der Waals surface area contributed by atoms with Crippen molar-refractivity contribution >= 4 is 17.3 Å². The van der Waals surface area contributed by atoms with E-state index in [1.165, 1.54) is 18.2 Å². The topological polar surface area (TPSA) is 83.7 Å². The van der Waals surface area contributed by atoms with Crippen LogP contribution in [-0.2, 0) is 0 Å². The summed E-state index contributed by atoms with van der Waals surface area (Å²) in [6.45, 7) is 5.43. The molecule has 1 aliphatic rings. The standard InChI is InChI=1S/C13H16N2O4/c1-8-6-14(7-9(8)2)12-10(13(16)17)4-3-5-11(12)15(18)19/h3-5,8-9H,6-7H2,1-2H3,(H,16,17). The lowest BCUT2D eigenvalue weighted by molar-refractivity contribution is -0.384. The van der Waals surface area contributed by atoms with Crippen LogP contribution in [0.1, 0.15) is 24.2 Å². The molecule has 19 heavy (non-hydrogen) atoms. The molecule has 1 aromatic carbocycles. The van der Waals surface area contributed by atoms with Crippen molar-refractivity contribution < 1.29 is 14.8 Å². The van der Waals surface area contributed by atoms with Crippen LogP contribution in [0.2, 0.25) is 0 Å². The Bertz CT molecular complexity index is 487. The SMILES string of the molecule is CC1CN(c2c(C(=O)O)cccc2[N+](=O)[O-])CC1C. The van der Waals surface area contributed by atoms with E-state index in [4.69, 9.17) is 0 Å². The largest absolute Gasteiger partial charge is 0.478 e. The highest BCUT2D eigenvalue weighted by Crippen LogP contribution is 2.36. The van der Waals surface area contributed by atoms with Gasteiger partial charge in [0.1, 0.15) is 5.69 Å². The van der Waals surface area contributed by atoms with Gasteiger partial charge in [0.05, 0.1) is 10.5 Å². The number of hydrogen-bond acceptors (Lipinski definition) is 4. The molecule has 0 bridgehead atoms. The van der Waals surface area contributed by atoms with Crippen LogP contribution in [0.3, 0.4) is 0 Å². The summed E-state index contributed by atoms with van der Waals surface area (Å²) in [6, 6.07) is 4.18. The van der Waals surface area contributed by atoms with Crippen molar-refractivity contribution in [3.63, 3.8) is 0 Å². The molecule has 0 aliphatic carbocycles. The van der Waals surface area contributed by atoms with Crippen LogP contribution in [0, 0.1) is 22.0 Å². The number of benzene rings is 1. The summed E-state index contributed by atoms with van der Waals surface area (Å²) in [5.74, 6) is -0.353. The normalized spacial score (nSPS) is 22.5. The Morgan fingerprint density at radius 3 is 2.42 bits per heavy atom. The average molecular weight is 264 g/mol. The fourth-order valence-electron chi connectivity index (χ4n) is 2.50. The lowest BCUT2D eigenvalue weighted by Gasteiger charge is -2.20. The Hall–Kier alpha value is -2.11. The fraction of sp³-hybridized carbons (Fsp3) is 0.462. The van der Waals surface area contributed by atoms with Gasteiger partial charge in [0.2, 0.25) is 0 Å². The second kappa shape index (κ2) is 4.87. The molecule has 0 amide bonds. The molecule has 1 saturated heterocycles. The maximum absolute atomic E-state index is 11.3.